The number of benzene rings is 1. The molecular formula is C12H17FN2O2S. The van der Waals surface area contributed by atoms with E-state index in [1.165, 1.54) is 12.1 Å². The fourth-order valence-electron chi connectivity index (χ4n) is 2.05. The first-order chi connectivity index (χ1) is 8.47. The van der Waals surface area contributed by atoms with E-state index in [9.17, 15) is 12.8 Å². The van der Waals surface area contributed by atoms with Crippen LogP contribution in [-0.2, 0) is 16.6 Å². The van der Waals surface area contributed by atoms with Gasteiger partial charge in [0.2, 0.25) is 10.0 Å². The van der Waals surface area contributed by atoms with Gasteiger partial charge in [-0.15, -0.1) is 0 Å². The maximum Gasteiger partial charge on any atom is 0.241 e. The van der Waals surface area contributed by atoms with E-state index in [1.54, 1.807) is 0 Å². The van der Waals surface area contributed by atoms with Crippen molar-refractivity contribution in [1.82, 2.24) is 4.72 Å². The van der Waals surface area contributed by atoms with Crippen LogP contribution in [0.2, 0.25) is 0 Å². The van der Waals surface area contributed by atoms with Crippen LogP contribution in [0.15, 0.2) is 23.1 Å². The molecule has 2 atom stereocenters. The molecule has 0 saturated heterocycles. The second-order valence-electron chi connectivity index (χ2n) is 4.59. The molecule has 1 aromatic carbocycles. The van der Waals surface area contributed by atoms with Gasteiger partial charge in [0.05, 0.1) is 4.90 Å². The van der Waals surface area contributed by atoms with Crippen molar-refractivity contribution < 1.29 is 12.8 Å². The maximum atomic E-state index is 13.2. The summed E-state index contributed by atoms with van der Waals surface area (Å²) in [6, 6.07) is 3.63. The summed E-state index contributed by atoms with van der Waals surface area (Å²) in [5.41, 5.74) is 5.91. The molecule has 3 N–H and O–H groups in total. The van der Waals surface area contributed by atoms with Gasteiger partial charge in [0, 0.05) is 12.6 Å². The Morgan fingerprint density at radius 1 is 1.50 bits per heavy atom. The molecule has 0 aliphatic heterocycles. The zero-order valence-electron chi connectivity index (χ0n) is 10.2. The Balaban J connectivity index is 2.26. The van der Waals surface area contributed by atoms with Crippen LogP contribution in [0, 0.1) is 11.7 Å². The minimum absolute atomic E-state index is 0.0195. The Morgan fingerprint density at radius 3 is 2.78 bits per heavy atom. The zero-order chi connectivity index (χ0) is 13.3. The lowest BCUT2D eigenvalue weighted by Crippen LogP contribution is -2.28. The largest absolute Gasteiger partial charge is 0.326 e. The number of rotatable bonds is 5. The normalized spacial score (nSPS) is 23.1. The van der Waals surface area contributed by atoms with Gasteiger partial charge >= 0.3 is 0 Å². The molecule has 6 heteroatoms. The van der Waals surface area contributed by atoms with Gasteiger partial charge in [0.25, 0.3) is 0 Å². The Hall–Kier alpha value is -0.980. The van der Waals surface area contributed by atoms with Crippen LogP contribution < -0.4 is 10.5 Å². The number of nitrogens with two attached hydrogens (primary N) is 1. The number of hydrogen-bond donors (Lipinski definition) is 2. The summed E-state index contributed by atoms with van der Waals surface area (Å²) < 4.78 is 40.1. The van der Waals surface area contributed by atoms with E-state index in [0.717, 1.165) is 18.9 Å². The van der Waals surface area contributed by atoms with Gasteiger partial charge < -0.3 is 5.73 Å². The highest BCUT2D eigenvalue weighted by atomic mass is 32.2. The van der Waals surface area contributed by atoms with Crippen LogP contribution in [0.4, 0.5) is 4.39 Å². The van der Waals surface area contributed by atoms with Crippen molar-refractivity contribution in [3.05, 3.63) is 29.6 Å². The molecule has 1 aromatic rings. The van der Waals surface area contributed by atoms with Crippen molar-refractivity contribution in [2.45, 2.75) is 37.2 Å². The molecule has 2 rings (SSSR count). The Bertz CT molecular complexity index is 545. The third kappa shape index (κ3) is 2.71. The summed E-state index contributed by atoms with van der Waals surface area (Å²) in [5, 5.41) is 0. The molecule has 4 nitrogen and oxygen atoms in total. The van der Waals surface area contributed by atoms with E-state index in [1.807, 2.05) is 6.92 Å². The first-order valence-corrected chi connectivity index (χ1v) is 7.47. The summed E-state index contributed by atoms with van der Waals surface area (Å²) in [5.74, 6) is -0.176. The highest BCUT2D eigenvalue weighted by Gasteiger charge is 2.39. The Kier molecular flexibility index (Phi) is 3.70. The summed E-state index contributed by atoms with van der Waals surface area (Å²) in [7, 11) is -3.68. The van der Waals surface area contributed by atoms with E-state index in [0.29, 0.717) is 11.5 Å². The highest BCUT2D eigenvalue weighted by molar-refractivity contribution is 7.89. The molecule has 0 amide bonds. The average Bonchev–Trinajstić information content (AvgIpc) is 3.06. The third-order valence-corrected chi connectivity index (χ3v) is 4.86. The highest BCUT2D eigenvalue weighted by Crippen LogP contribution is 2.34. The fourth-order valence-corrected chi connectivity index (χ4v) is 3.63. The topological polar surface area (TPSA) is 72.2 Å². The zero-order valence-corrected chi connectivity index (χ0v) is 11.0. The molecule has 0 spiro atoms. The molecule has 0 aromatic heterocycles. The molecule has 1 aliphatic carbocycles. The quantitative estimate of drug-likeness (QED) is 0.850. The second kappa shape index (κ2) is 4.95. The first-order valence-electron chi connectivity index (χ1n) is 5.98. The van der Waals surface area contributed by atoms with Crippen LogP contribution in [0.3, 0.4) is 0 Å². The predicted molar refractivity (Wildman–Crippen MR) is 66.8 cm³/mol. The van der Waals surface area contributed by atoms with Crippen molar-refractivity contribution in [1.29, 1.82) is 0 Å². The van der Waals surface area contributed by atoms with E-state index in [4.69, 9.17) is 5.73 Å². The molecule has 0 radical (unpaired) electrons. The standard InChI is InChI=1S/C12H17FN2O2S/c1-2-8-5-11(8)15-18(16,17)12-6-10(13)4-3-9(12)7-14/h3-4,6,8,11,15H,2,5,7,14H2,1H3. The lowest BCUT2D eigenvalue weighted by atomic mass is 10.2. The summed E-state index contributed by atoms with van der Waals surface area (Å²) in [4.78, 5) is -0.0493. The van der Waals surface area contributed by atoms with E-state index >= 15 is 0 Å². The van der Waals surface area contributed by atoms with E-state index in [2.05, 4.69) is 4.72 Å². The van der Waals surface area contributed by atoms with Gasteiger partial charge in [0.15, 0.2) is 0 Å². The van der Waals surface area contributed by atoms with Gasteiger partial charge in [-0.3, -0.25) is 0 Å². The van der Waals surface area contributed by atoms with Gasteiger partial charge in [0.1, 0.15) is 5.82 Å². The second-order valence-corrected chi connectivity index (χ2v) is 6.27. The molecule has 1 saturated carbocycles. The van der Waals surface area contributed by atoms with Crippen molar-refractivity contribution in [2.24, 2.45) is 11.7 Å². The molecule has 0 bridgehead atoms. The molecule has 2 unspecified atom stereocenters. The summed E-state index contributed by atoms with van der Waals surface area (Å²) in [6.07, 6.45) is 1.79. The van der Waals surface area contributed by atoms with E-state index < -0.39 is 15.8 Å². The molecule has 100 valence electrons. The van der Waals surface area contributed by atoms with Crippen LogP contribution in [0.5, 0.6) is 0 Å². The predicted octanol–water partition coefficient (Wildman–Crippen LogP) is 1.36. The molecule has 1 fully saturated rings. The minimum Gasteiger partial charge on any atom is -0.326 e. The average molecular weight is 272 g/mol. The Labute approximate surface area is 106 Å². The first kappa shape index (κ1) is 13.5. The number of nitrogens with one attached hydrogen (secondary N) is 1. The number of hydrogen-bond acceptors (Lipinski definition) is 3. The van der Waals surface area contributed by atoms with Gasteiger partial charge in [-0.1, -0.05) is 19.4 Å². The lowest BCUT2D eigenvalue weighted by molar-refractivity contribution is 0.570. The summed E-state index contributed by atoms with van der Waals surface area (Å²) in [6.45, 7) is 2.09. The monoisotopic (exact) mass is 272 g/mol. The summed E-state index contributed by atoms with van der Waals surface area (Å²) >= 11 is 0. The van der Waals surface area contributed by atoms with Crippen LogP contribution in [0.1, 0.15) is 25.3 Å². The van der Waals surface area contributed by atoms with Crippen molar-refractivity contribution >= 4 is 10.0 Å². The van der Waals surface area contributed by atoms with Gasteiger partial charge in [-0.25, -0.2) is 17.5 Å². The fraction of sp³-hybridized carbons (Fsp3) is 0.500. The van der Waals surface area contributed by atoms with Crippen LogP contribution in [0.25, 0.3) is 0 Å². The van der Waals surface area contributed by atoms with Crippen molar-refractivity contribution in [2.75, 3.05) is 0 Å². The lowest BCUT2D eigenvalue weighted by Gasteiger charge is -2.10. The number of halogens is 1. The minimum atomic E-state index is -3.68. The van der Waals surface area contributed by atoms with Crippen molar-refractivity contribution in [3.8, 4) is 0 Å². The van der Waals surface area contributed by atoms with Gasteiger partial charge in [-0.2, -0.15) is 0 Å². The molecule has 0 heterocycles. The Morgan fingerprint density at radius 2 is 2.22 bits per heavy atom. The molecule has 1 aliphatic rings. The smallest absolute Gasteiger partial charge is 0.241 e. The van der Waals surface area contributed by atoms with Gasteiger partial charge in [-0.05, 0) is 30.0 Å². The third-order valence-electron chi connectivity index (χ3n) is 3.29. The SMILES string of the molecule is CCC1CC1NS(=O)(=O)c1cc(F)ccc1CN. The maximum absolute atomic E-state index is 13.2. The van der Waals surface area contributed by atoms with Crippen LogP contribution >= 0.6 is 0 Å². The van der Waals surface area contributed by atoms with E-state index in [-0.39, 0.29) is 17.5 Å². The van der Waals surface area contributed by atoms with Crippen LogP contribution in [-0.4, -0.2) is 14.5 Å². The number of sulfonamides is 1. The molecule has 18 heavy (non-hydrogen) atoms. The molecular weight excluding hydrogens is 255 g/mol. The van der Waals surface area contributed by atoms with Crippen molar-refractivity contribution in [3.63, 3.8) is 0 Å².